The minimum atomic E-state index is -0.429. The summed E-state index contributed by atoms with van der Waals surface area (Å²) in [5, 5.41) is 1.10. The molecule has 0 saturated carbocycles. The average molecular weight is 332 g/mol. The van der Waals surface area contributed by atoms with Gasteiger partial charge < -0.3 is 9.64 Å². The first-order valence-electron chi connectivity index (χ1n) is 6.65. The second-order valence-corrected chi connectivity index (χ2v) is 5.77. The molecule has 0 aliphatic carbocycles. The number of halogens is 2. The second kappa shape index (κ2) is 8.25. The first kappa shape index (κ1) is 17.8. The van der Waals surface area contributed by atoms with E-state index in [9.17, 15) is 9.59 Å². The van der Waals surface area contributed by atoms with Crippen molar-refractivity contribution in [3.05, 3.63) is 33.8 Å². The Morgan fingerprint density at radius 1 is 1.29 bits per heavy atom. The summed E-state index contributed by atoms with van der Waals surface area (Å²) in [6.45, 7) is 3.67. The van der Waals surface area contributed by atoms with Crippen LogP contribution in [0.3, 0.4) is 0 Å². The number of nitrogens with zero attached hydrogens (tertiary/aromatic N) is 1. The summed E-state index contributed by atoms with van der Waals surface area (Å²) >= 11 is 11.9. The molecule has 1 rings (SSSR count). The molecule has 1 aromatic carbocycles. The molecule has 0 heterocycles. The minimum absolute atomic E-state index is 0.0403. The van der Waals surface area contributed by atoms with Crippen LogP contribution in [0.2, 0.25) is 10.0 Å². The Balaban J connectivity index is 2.67. The molecule has 0 fully saturated rings. The third-order valence-electron chi connectivity index (χ3n) is 3.09. The van der Waals surface area contributed by atoms with Crippen LogP contribution in [0.4, 0.5) is 0 Å². The van der Waals surface area contributed by atoms with Gasteiger partial charge in [-0.1, -0.05) is 29.3 Å². The number of esters is 1. The van der Waals surface area contributed by atoms with Crippen LogP contribution in [-0.4, -0.2) is 36.5 Å². The molecule has 0 aliphatic rings. The van der Waals surface area contributed by atoms with Crippen molar-refractivity contribution in [2.24, 2.45) is 0 Å². The van der Waals surface area contributed by atoms with Crippen molar-refractivity contribution >= 4 is 35.1 Å². The van der Waals surface area contributed by atoms with Gasteiger partial charge in [0.15, 0.2) is 0 Å². The molecule has 0 aromatic heterocycles. The molecule has 1 aromatic rings. The second-order valence-electron chi connectivity index (χ2n) is 4.93. The topological polar surface area (TPSA) is 46.6 Å². The van der Waals surface area contributed by atoms with Crippen molar-refractivity contribution < 1.29 is 14.3 Å². The lowest BCUT2D eigenvalue weighted by Gasteiger charge is -2.25. The Morgan fingerprint density at radius 3 is 2.48 bits per heavy atom. The van der Waals surface area contributed by atoms with Crippen molar-refractivity contribution in [2.45, 2.75) is 32.7 Å². The number of rotatable bonds is 6. The van der Waals surface area contributed by atoms with Crippen molar-refractivity contribution in [1.29, 1.82) is 0 Å². The van der Waals surface area contributed by atoms with Gasteiger partial charge in [0.05, 0.1) is 7.11 Å². The largest absolute Gasteiger partial charge is 0.468 e. The molecule has 116 valence electrons. The molecule has 6 heteroatoms. The van der Waals surface area contributed by atoms with Crippen LogP contribution in [0.15, 0.2) is 18.2 Å². The molecule has 0 N–H and O–H groups in total. The molecule has 0 unspecified atom stereocenters. The van der Waals surface area contributed by atoms with Gasteiger partial charge in [0.2, 0.25) is 5.91 Å². The summed E-state index contributed by atoms with van der Waals surface area (Å²) in [7, 11) is 1.30. The lowest BCUT2D eigenvalue weighted by molar-refractivity contribution is -0.148. The summed E-state index contributed by atoms with van der Waals surface area (Å²) < 4.78 is 4.61. The third-order valence-corrected chi connectivity index (χ3v) is 3.68. The van der Waals surface area contributed by atoms with Gasteiger partial charge in [-0.3, -0.25) is 9.59 Å². The zero-order valence-corrected chi connectivity index (χ0v) is 13.9. The van der Waals surface area contributed by atoms with Gasteiger partial charge in [0, 0.05) is 22.5 Å². The Kier molecular flexibility index (Phi) is 6.99. The third kappa shape index (κ3) is 5.56. The van der Waals surface area contributed by atoms with Crippen LogP contribution in [-0.2, 0) is 20.7 Å². The lowest BCUT2D eigenvalue weighted by atomic mass is 10.1. The maximum Gasteiger partial charge on any atom is 0.325 e. The first-order chi connectivity index (χ1) is 9.85. The summed E-state index contributed by atoms with van der Waals surface area (Å²) in [5.74, 6) is -0.539. The zero-order valence-electron chi connectivity index (χ0n) is 12.4. The molecule has 21 heavy (non-hydrogen) atoms. The highest BCUT2D eigenvalue weighted by Gasteiger charge is 2.20. The number of amides is 1. The molecule has 4 nitrogen and oxygen atoms in total. The molecule has 0 spiro atoms. The van der Waals surface area contributed by atoms with Gasteiger partial charge in [0.25, 0.3) is 0 Å². The van der Waals surface area contributed by atoms with Crippen molar-refractivity contribution in [3.63, 3.8) is 0 Å². The molecular formula is C15H19Cl2NO3. The van der Waals surface area contributed by atoms with E-state index >= 15 is 0 Å². The van der Waals surface area contributed by atoms with Crippen LogP contribution < -0.4 is 0 Å². The number of aryl methyl sites for hydroxylation is 1. The lowest BCUT2D eigenvalue weighted by Crippen LogP contribution is -2.41. The summed E-state index contributed by atoms with van der Waals surface area (Å²) in [5.41, 5.74) is 0.858. The summed E-state index contributed by atoms with van der Waals surface area (Å²) in [6.07, 6.45) is 0.774. The predicted octanol–water partition coefficient (Wildman–Crippen LogP) is 3.34. The van der Waals surface area contributed by atoms with Crippen molar-refractivity contribution in [3.8, 4) is 0 Å². The van der Waals surface area contributed by atoms with Gasteiger partial charge in [-0.05, 0) is 38.0 Å². The standard InChI is InChI=1S/C15H19Cl2NO3/c1-10(2)18(9-15(20)21-3)14(19)7-5-11-4-6-12(16)8-13(11)17/h4,6,8,10H,5,7,9H2,1-3H3. The first-order valence-corrected chi connectivity index (χ1v) is 7.41. The molecule has 0 saturated heterocycles. The van der Waals surface area contributed by atoms with Crippen molar-refractivity contribution in [1.82, 2.24) is 4.90 Å². The quantitative estimate of drug-likeness (QED) is 0.751. The highest BCUT2D eigenvalue weighted by atomic mass is 35.5. The number of benzene rings is 1. The van der Waals surface area contributed by atoms with Crippen LogP contribution in [0.5, 0.6) is 0 Å². The van der Waals surface area contributed by atoms with Crippen LogP contribution in [0.1, 0.15) is 25.8 Å². The minimum Gasteiger partial charge on any atom is -0.468 e. The number of hydrogen-bond donors (Lipinski definition) is 0. The number of hydrogen-bond acceptors (Lipinski definition) is 3. The number of carbonyl (C=O) groups excluding carboxylic acids is 2. The zero-order chi connectivity index (χ0) is 16.0. The van der Waals surface area contributed by atoms with E-state index in [2.05, 4.69) is 4.74 Å². The van der Waals surface area contributed by atoms with Gasteiger partial charge in [-0.15, -0.1) is 0 Å². The maximum absolute atomic E-state index is 12.2. The van der Waals surface area contributed by atoms with E-state index in [0.717, 1.165) is 5.56 Å². The monoisotopic (exact) mass is 331 g/mol. The van der Waals surface area contributed by atoms with E-state index in [1.807, 2.05) is 13.8 Å². The average Bonchev–Trinajstić information content (AvgIpc) is 2.42. The van der Waals surface area contributed by atoms with E-state index in [-0.39, 0.29) is 24.9 Å². The summed E-state index contributed by atoms with van der Waals surface area (Å²) in [6, 6.07) is 5.12. The molecule has 0 aliphatic heterocycles. The van der Waals surface area contributed by atoms with E-state index in [0.29, 0.717) is 16.5 Å². The molecule has 0 radical (unpaired) electrons. The van der Waals surface area contributed by atoms with Gasteiger partial charge in [-0.25, -0.2) is 0 Å². The molecule has 0 atom stereocenters. The normalized spacial score (nSPS) is 10.6. The number of ether oxygens (including phenoxy) is 1. The van der Waals surface area contributed by atoms with Crippen LogP contribution >= 0.6 is 23.2 Å². The fraction of sp³-hybridized carbons (Fsp3) is 0.467. The van der Waals surface area contributed by atoms with Crippen LogP contribution in [0.25, 0.3) is 0 Å². The Morgan fingerprint density at radius 2 is 1.95 bits per heavy atom. The number of carbonyl (C=O) groups is 2. The Labute approximate surface area is 135 Å². The summed E-state index contributed by atoms with van der Waals surface area (Å²) in [4.78, 5) is 25.1. The van der Waals surface area contributed by atoms with E-state index in [1.54, 1.807) is 18.2 Å². The Hall–Kier alpha value is -1.26. The fourth-order valence-electron chi connectivity index (χ4n) is 1.87. The predicted molar refractivity (Wildman–Crippen MR) is 83.6 cm³/mol. The van der Waals surface area contributed by atoms with Gasteiger partial charge in [0.1, 0.15) is 6.54 Å². The van der Waals surface area contributed by atoms with Crippen LogP contribution in [0, 0.1) is 0 Å². The highest BCUT2D eigenvalue weighted by molar-refractivity contribution is 6.35. The highest BCUT2D eigenvalue weighted by Crippen LogP contribution is 2.22. The fourth-order valence-corrected chi connectivity index (χ4v) is 2.37. The molecular weight excluding hydrogens is 313 g/mol. The van der Waals surface area contributed by atoms with Gasteiger partial charge in [-0.2, -0.15) is 0 Å². The van der Waals surface area contributed by atoms with Gasteiger partial charge >= 0.3 is 5.97 Å². The van der Waals surface area contributed by atoms with E-state index in [1.165, 1.54) is 12.0 Å². The smallest absolute Gasteiger partial charge is 0.325 e. The van der Waals surface area contributed by atoms with Crippen molar-refractivity contribution in [2.75, 3.05) is 13.7 Å². The maximum atomic E-state index is 12.2. The Bertz CT molecular complexity index is 518. The number of methoxy groups -OCH3 is 1. The SMILES string of the molecule is COC(=O)CN(C(=O)CCc1ccc(Cl)cc1Cl)C(C)C. The molecule has 0 bridgehead atoms. The van der Waals surface area contributed by atoms with E-state index in [4.69, 9.17) is 23.2 Å². The van der Waals surface area contributed by atoms with E-state index < -0.39 is 5.97 Å². The molecule has 1 amide bonds.